The van der Waals surface area contributed by atoms with Crippen LogP contribution in [-0.4, -0.2) is 96.7 Å². The standard InChI is InChI=1S/C72H140O17P2/c1-9-64(7)50-42-34-26-19-16-17-21-29-39-47-55-72(77)88-67(58-82-69(74)52-44-36-27-23-22-25-33-41-49-63(5)6)60-86-90(78,79)84-56-66(73)57-85-91(80,81)87-61-68(59-83-70(75)53-45-37-31-30-35-43-51-65(8)10-2)89-71(76)54-46-38-28-20-15-13-11-12-14-18-24-32-40-48-62(3)4/h62-68,73H,9-61H2,1-8H3,(H,78,79)(H,80,81)/t64?,65?,66-,67-,68-/m1/s1. The fraction of sp³-hybridized carbons (Fsp3) is 0.944. The van der Waals surface area contributed by atoms with Crippen LogP contribution < -0.4 is 0 Å². The number of hydrogen-bond donors (Lipinski definition) is 3. The van der Waals surface area contributed by atoms with Gasteiger partial charge in [-0.15, -0.1) is 0 Å². The first kappa shape index (κ1) is 89.1. The lowest BCUT2D eigenvalue weighted by molar-refractivity contribution is -0.161. The zero-order chi connectivity index (χ0) is 67.5. The van der Waals surface area contributed by atoms with Gasteiger partial charge in [0.05, 0.1) is 26.4 Å². The predicted molar refractivity (Wildman–Crippen MR) is 367 cm³/mol. The number of aliphatic hydroxyl groups is 1. The quantitative estimate of drug-likeness (QED) is 0.0222. The number of ether oxygens (including phenoxy) is 4. The van der Waals surface area contributed by atoms with E-state index >= 15 is 0 Å². The van der Waals surface area contributed by atoms with E-state index in [1.165, 1.54) is 154 Å². The molecule has 0 saturated carbocycles. The zero-order valence-corrected chi connectivity index (χ0v) is 61.3. The molecule has 0 saturated heterocycles. The summed E-state index contributed by atoms with van der Waals surface area (Å²) in [5.41, 5.74) is 0. The van der Waals surface area contributed by atoms with Crippen LogP contribution in [0.15, 0.2) is 0 Å². The molecule has 91 heavy (non-hydrogen) atoms. The summed E-state index contributed by atoms with van der Waals surface area (Å²) in [7, 11) is -9.91. The SMILES string of the molecule is CCC(C)CCCCCCCCCCCCC(=O)O[C@H](COC(=O)CCCCCCCCCCC(C)C)COP(=O)(O)OC[C@@H](O)COP(=O)(O)OC[C@@H](COC(=O)CCCCCCCCC(C)CC)OC(=O)CCCCCCCCCCCCCCCC(C)C. The molecular weight excluding hydrogens is 1200 g/mol. The summed E-state index contributed by atoms with van der Waals surface area (Å²) < 4.78 is 68.4. The first-order chi connectivity index (χ1) is 43.7. The molecule has 7 atom stereocenters. The Morgan fingerprint density at radius 2 is 0.527 bits per heavy atom. The van der Waals surface area contributed by atoms with Crippen molar-refractivity contribution in [3.8, 4) is 0 Å². The van der Waals surface area contributed by atoms with E-state index in [-0.39, 0.29) is 25.7 Å². The molecule has 0 aromatic heterocycles. The Labute approximate surface area is 556 Å². The lowest BCUT2D eigenvalue weighted by Crippen LogP contribution is -2.30. The predicted octanol–water partition coefficient (Wildman–Crippen LogP) is 20.5. The fourth-order valence-corrected chi connectivity index (χ4v) is 12.4. The summed E-state index contributed by atoms with van der Waals surface area (Å²) in [5.74, 6) is 0.919. The summed E-state index contributed by atoms with van der Waals surface area (Å²) in [6, 6.07) is 0. The Hall–Kier alpha value is -1.94. The summed E-state index contributed by atoms with van der Waals surface area (Å²) in [5, 5.41) is 10.6. The van der Waals surface area contributed by atoms with Crippen LogP contribution in [0.3, 0.4) is 0 Å². The molecule has 19 heteroatoms. The molecule has 0 radical (unpaired) electrons. The number of hydrogen-bond acceptors (Lipinski definition) is 15. The molecule has 3 N–H and O–H groups in total. The molecule has 0 aromatic rings. The zero-order valence-electron chi connectivity index (χ0n) is 59.5. The lowest BCUT2D eigenvalue weighted by Gasteiger charge is -2.21. The summed E-state index contributed by atoms with van der Waals surface area (Å²) >= 11 is 0. The maximum absolute atomic E-state index is 13.0. The van der Waals surface area contributed by atoms with Crippen molar-refractivity contribution in [2.45, 2.75) is 375 Å². The normalized spacial score (nSPS) is 14.8. The summed E-state index contributed by atoms with van der Waals surface area (Å²) in [4.78, 5) is 72.6. The van der Waals surface area contributed by atoms with E-state index in [0.29, 0.717) is 25.7 Å². The topological polar surface area (TPSA) is 237 Å². The highest BCUT2D eigenvalue weighted by atomic mass is 31.2. The number of carbonyl (C=O) groups excluding carboxylic acids is 4. The highest BCUT2D eigenvalue weighted by molar-refractivity contribution is 7.47. The minimum Gasteiger partial charge on any atom is -0.462 e. The van der Waals surface area contributed by atoms with E-state index in [0.717, 1.165) is 120 Å². The van der Waals surface area contributed by atoms with Crippen LogP contribution in [0.4, 0.5) is 0 Å². The first-order valence-corrected chi connectivity index (χ1v) is 40.3. The van der Waals surface area contributed by atoms with E-state index in [1.807, 2.05) is 0 Å². The van der Waals surface area contributed by atoms with Gasteiger partial charge in [-0.25, -0.2) is 9.13 Å². The first-order valence-electron chi connectivity index (χ1n) is 37.3. The third kappa shape index (κ3) is 63.9. The minimum absolute atomic E-state index is 0.105. The van der Waals surface area contributed by atoms with Gasteiger partial charge in [-0.05, 0) is 49.4 Å². The monoisotopic (exact) mass is 1340 g/mol. The molecule has 0 fully saturated rings. The van der Waals surface area contributed by atoms with Gasteiger partial charge in [0, 0.05) is 25.7 Å². The number of aliphatic hydroxyl groups excluding tert-OH is 1. The van der Waals surface area contributed by atoms with Crippen LogP contribution >= 0.6 is 15.6 Å². The summed E-state index contributed by atoms with van der Waals surface area (Å²) in [6.45, 7) is 14.1. The van der Waals surface area contributed by atoms with Crippen molar-refractivity contribution in [3.63, 3.8) is 0 Å². The second kappa shape index (κ2) is 61.6. The van der Waals surface area contributed by atoms with Crippen molar-refractivity contribution in [2.75, 3.05) is 39.6 Å². The fourth-order valence-electron chi connectivity index (χ4n) is 10.8. The second-order valence-electron chi connectivity index (χ2n) is 27.4. The number of esters is 4. The molecule has 0 aliphatic rings. The maximum atomic E-state index is 13.0. The van der Waals surface area contributed by atoms with Gasteiger partial charge in [0.1, 0.15) is 19.3 Å². The van der Waals surface area contributed by atoms with E-state index < -0.39 is 97.5 Å². The van der Waals surface area contributed by atoms with Crippen molar-refractivity contribution in [3.05, 3.63) is 0 Å². The van der Waals surface area contributed by atoms with Crippen LogP contribution in [0.1, 0.15) is 357 Å². The molecule has 0 rings (SSSR count). The Morgan fingerprint density at radius 1 is 0.308 bits per heavy atom. The molecule has 17 nitrogen and oxygen atoms in total. The third-order valence-corrected chi connectivity index (χ3v) is 19.2. The van der Waals surface area contributed by atoms with Crippen LogP contribution in [0.2, 0.25) is 0 Å². The molecule has 0 bridgehead atoms. The minimum atomic E-state index is -4.95. The van der Waals surface area contributed by atoms with Crippen molar-refractivity contribution < 1.29 is 80.2 Å². The molecule has 4 unspecified atom stereocenters. The molecule has 0 aliphatic heterocycles. The number of unbranched alkanes of at least 4 members (excludes halogenated alkanes) is 33. The Balaban J connectivity index is 5.26. The maximum Gasteiger partial charge on any atom is 0.472 e. The average molecular weight is 1340 g/mol. The van der Waals surface area contributed by atoms with Gasteiger partial charge in [-0.3, -0.25) is 37.3 Å². The van der Waals surface area contributed by atoms with E-state index in [9.17, 15) is 43.2 Å². The number of phosphoric acid groups is 2. The van der Waals surface area contributed by atoms with Gasteiger partial charge in [0.25, 0.3) is 0 Å². The lowest BCUT2D eigenvalue weighted by atomic mass is 9.99. The van der Waals surface area contributed by atoms with Crippen LogP contribution in [0.25, 0.3) is 0 Å². The van der Waals surface area contributed by atoms with Gasteiger partial charge in [0.15, 0.2) is 12.2 Å². The van der Waals surface area contributed by atoms with E-state index in [4.69, 9.17) is 37.0 Å². The molecule has 0 heterocycles. The van der Waals surface area contributed by atoms with Crippen molar-refractivity contribution in [1.29, 1.82) is 0 Å². The molecule has 0 aromatic carbocycles. The third-order valence-electron chi connectivity index (χ3n) is 17.3. The van der Waals surface area contributed by atoms with Crippen LogP contribution in [0.5, 0.6) is 0 Å². The number of carbonyl (C=O) groups is 4. The molecule has 0 aliphatic carbocycles. The van der Waals surface area contributed by atoms with Gasteiger partial charge < -0.3 is 33.8 Å². The number of rotatable bonds is 69. The van der Waals surface area contributed by atoms with Gasteiger partial charge in [-0.1, -0.05) is 306 Å². The largest absolute Gasteiger partial charge is 0.472 e. The number of phosphoric ester groups is 2. The van der Waals surface area contributed by atoms with E-state index in [1.54, 1.807) is 0 Å². The van der Waals surface area contributed by atoms with Gasteiger partial charge >= 0.3 is 39.5 Å². The molecule has 0 spiro atoms. The summed E-state index contributed by atoms with van der Waals surface area (Å²) in [6.07, 6.45) is 44.4. The molecular formula is C72H140O17P2. The highest BCUT2D eigenvalue weighted by Crippen LogP contribution is 2.45. The molecule has 540 valence electrons. The van der Waals surface area contributed by atoms with Gasteiger partial charge in [0.2, 0.25) is 0 Å². The van der Waals surface area contributed by atoms with Gasteiger partial charge in [-0.2, -0.15) is 0 Å². The van der Waals surface area contributed by atoms with E-state index in [2.05, 4.69) is 55.4 Å². The van der Waals surface area contributed by atoms with Crippen LogP contribution in [0, 0.1) is 23.7 Å². The Bertz CT molecular complexity index is 1800. The molecule has 0 amide bonds. The Kier molecular flexibility index (Phi) is 60.3. The Morgan fingerprint density at radius 3 is 0.780 bits per heavy atom. The second-order valence-corrected chi connectivity index (χ2v) is 30.3. The smallest absolute Gasteiger partial charge is 0.462 e. The van der Waals surface area contributed by atoms with Crippen molar-refractivity contribution in [1.82, 2.24) is 0 Å². The van der Waals surface area contributed by atoms with Crippen molar-refractivity contribution in [2.24, 2.45) is 23.7 Å². The van der Waals surface area contributed by atoms with Crippen LogP contribution in [-0.2, 0) is 65.4 Å². The average Bonchev–Trinajstić information content (AvgIpc) is 3.71. The highest BCUT2D eigenvalue weighted by Gasteiger charge is 2.30. The van der Waals surface area contributed by atoms with Crippen molar-refractivity contribution >= 4 is 39.5 Å².